The van der Waals surface area contributed by atoms with Crippen molar-refractivity contribution in [2.75, 3.05) is 18.4 Å². The molecule has 0 bridgehead atoms. The Hall–Kier alpha value is -2.88. The number of unbranched alkanes of at least 4 members (excludes halogenated alkanes) is 1. The van der Waals surface area contributed by atoms with Crippen LogP contribution in [-0.4, -0.2) is 28.8 Å². The summed E-state index contributed by atoms with van der Waals surface area (Å²) in [5.74, 6) is -0.524. The van der Waals surface area contributed by atoms with Crippen molar-refractivity contribution >= 4 is 17.3 Å². The van der Waals surface area contributed by atoms with Crippen LogP contribution in [0.5, 0.6) is 0 Å². The standard InChI is InChI=1S/C17H22N4O3/c1-3-5-11-20(10-4-2)13-14(12-18)17(22)19-15-6-8-16(9-7-15)21(23)24/h6-9,13H,3-5,10-11H2,1-2H3,(H,19,22)/b14-13-. The van der Waals surface area contributed by atoms with Gasteiger partial charge in [-0.15, -0.1) is 0 Å². The van der Waals surface area contributed by atoms with Crippen LogP contribution in [0.2, 0.25) is 0 Å². The quantitative estimate of drug-likeness (QED) is 0.323. The maximum Gasteiger partial charge on any atom is 0.269 e. The Labute approximate surface area is 141 Å². The summed E-state index contributed by atoms with van der Waals surface area (Å²) in [5.41, 5.74) is 0.359. The summed E-state index contributed by atoms with van der Waals surface area (Å²) in [7, 11) is 0. The zero-order chi connectivity index (χ0) is 17.9. The van der Waals surface area contributed by atoms with Gasteiger partial charge < -0.3 is 10.2 Å². The molecule has 0 atom stereocenters. The van der Waals surface area contributed by atoms with Gasteiger partial charge in [0, 0.05) is 37.1 Å². The SMILES string of the molecule is CCCCN(/C=C(/C#N)C(=O)Nc1ccc([N+](=O)[O-])cc1)CCC. The number of rotatable bonds is 9. The third-order valence-electron chi connectivity index (χ3n) is 3.32. The van der Waals surface area contributed by atoms with Crippen molar-refractivity contribution in [2.45, 2.75) is 33.1 Å². The van der Waals surface area contributed by atoms with E-state index in [1.54, 1.807) is 6.20 Å². The molecule has 0 radical (unpaired) electrons. The molecular weight excluding hydrogens is 308 g/mol. The third-order valence-corrected chi connectivity index (χ3v) is 3.32. The number of hydrogen-bond acceptors (Lipinski definition) is 5. The van der Waals surface area contributed by atoms with Crippen LogP contribution in [0.4, 0.5) is 11.4 Å². The topological polar surface area (TPSA) is 99.3 Å². The minimum atomic E-state index is -0.524. The number of nitrogens with one attached hydrogen (secondary N) is 1. The highest BCUT2D eigenvalue weighted by Gasteiger charge is 2.12. The Bertz CT molecular complexity index is 632. The Morgan fingerprint density at radius 1 is 1.29 bits per heavy atom. The fraction of sp³-hybridized carbons (Fsp3) is 0.412. The highest BCUT2D eigenvalue weighted by atomic mass is 16.6. The largest absolute Gasteiger partial charge is 0.376 e. The Morgan fingerprint density at radius 3 is 2.46 bits per heavy atom. The number of nitro benzene ring substituents is 1. The van der Waals surface area contributed by atoms with Gasteiger partial charge in [-0.1, -0.05) is 20.3 Å². The summed E-state index contributed by atoms with van der Waals surface area (Å²) < 4.78 is 0. The second-order valence-corrected chi connectivity index (χ2v) is 5.30. The van der Waals surface area contributed by atoms with Gasteiger partial charge in [0.05, 0.1) is 4.92 Å². The molecule has 0 aliphatic rings. The first kappa shape index (κ1) is 19.2. The molecule has 0 saturated heterocycles. The van der Waals surface area contributed by atoms with Gasteiger partial charge in [-0.2, -0.15) is 5.26 Å². The molecule has 7 nitrogen and oxygen atoms in total. The zero-order valence-corrected chi connectivity index (χ0v) is 14.0. The van der Waals surface area contributed by atoms with E-state index in [2.05, 4.69) is 12.2 Å². The molecule has 0 aromatic heterocycles. The monoisotopic (exact) mass is 330 g/mol. The van der Waals surface area contributed by atoms with E-state index < -0.39 is 10.8 Å². The lowest BCUT2D eigenvalue weighted by atomic mass is 10.2. The highest BCUT2D eigenvalue weighted by Crippen LogP contribution is 2.16. The van der Waals surface area contributed by atoms with E-state index in [-0.39, 0.29) is 11.3 Å². The summed E-state index contributed by atoms with van der Waals surface area (Å²) in [6.07, 6.45) is 4.52. The van der Waals surface area contributed by atoms with Gasteiger partial charge in [-0.3, -0.25) is 14.9 Å². The lowest BCUT2D eigenvalue weighted by Gasteiger charge is -2.19. The van der Waals surface area contributed by atoms with Gasteiger partial charge in [0.2, 0.25) is 0 Å². The van der Waals surface area contributed by atoms with Gasteiger partial charge in [-0.05, 0) is 25.0 Å². The number of benzene rings is 1. The van der Waals surface area contributed by atoms with E-state index in [1.165, 1.54) is 24.3 Å². The van der Waals surface area contributed by atoms with Crippen LogP contribution in [0.3, 0.4) is 0 Å². The molecule has 24 heavy (non-hydrogen) atoms. The number of amides is 1. The normalized spacial score (nSPS) is 10.8. The average molecular weight is 330 g/mol. The summed E-state index contributed by atoms with van der Waals surface area (Å²) in [5, 5.41) is 22.4. The molecule has 1 aromatic carbocycles. The molecule has 0 heterocycles. The first-order chi connectivity index (χ1) is 11.5. The highest BCUT2D eigenvalue weighted by molar-refractivity contribution is 6.06. The van der Waals surface area contributed by atoms with Crippen molar-refractivity contribution in [1.82, 2.24) is 4.90 Å². The molecular formula is C17H22N4O3. The van der Waals surface area contributed by atoms with Crippen molar-refractivity contribution < 1.29 is 9.72 Å². The molecule has 128 valence electrons. The Balaban J connectivity index is 2.82. The fourth-order valence-electron chi connectivity index (χ4n) is 2.08. The number of non-ortho nitro benzene ring substituents is 1. The molecule has 0 unspecified atom stereocenters. The van der Waals surface area contributed by atoms with Crippen LogP contribution in [0.25, 0.3) is 0 Å². The van der Waals surface area contributed by atoms with Crippen molar-refractivity contribution in [3.05, 3.63) is 46.2 Å². The van der Waals surface area contributed by atoms with E-state index in [1.807, 2.05) is 17.9 Å². The summed E-state index contributed by atoms with van der Waals surface area (Å²) in [6.45, 7) is 5.69. The molecule has 0 aliphatic carbocycles. The lowest BCUT2D eigenvalue weighted by molar-refractivity contribution is -0.384. The number of nitrogens with zero attached hydrogens (tertiary/aromatic N) is 3. The van der Waals surface area contributed by atoms with Crippen LogP contribution in [0.1, 0.15) is 33.1 Å². The average Bonchev–Trinajstić information content (AvgIpc) is 2.57. The number of carbonyl (C=O) groups is 1. The van der Waals surface area contributed by atoms with E-state index in [0.29, 0.717) is 5.69 Å². The smallest absolute Gasteiger partial charge is 0.269 e. The summed E-state index contributed by atoms with van der Waals surface area (Å²) in [4.78, 5) is 24.3. The van der Waals surface area contributed by atoms with Crippen molar-refractivity contribution in [3.63, 3.8) is 0 Å². The number of nitro groups is 1. The molecule has 1 amide bonds. The minimum absolute atomic E-state index is 0.0119. The molecule has 0 aliphatic heterocycles. The second-order valence-electron chi connectivity index (χ2n) is 5.30. The maximum atomic E-state index is 12.2. The van der Waals surface area contributed by atoms with Gasteiger partial charge >= 0.3 is 0 Å². The van der Waals surface area contributed by atoms with Crippen LogP contribution in [-0.2, 0) is 4.79 Å². The van der Waals surface area contributed by atoms with Crippen LogP contribution >= 0.6 is 0 Å². The number of nitriles is 1. The van der Waals surface area contributed by atoms with Crippen LogP contribution in [0.15, 0.2) is 36.0 Å². The molecule has 7 heteroatoms. The molecule has 0 fully saturated rings. The van der Waals surface area contributed by atoms with Gasteiger partial charge in [-0.25, -0.2) is 0 Å². The van der Waals surface area contributed by atoms with Crippen molar-refractivity contribution in [2.24, 2.45) is 0 Å². The molecule has 1 aromatic rings. The zero-order valence-electron chi connectivity index (χ0n) is 14.0. The first-order valence-corrected chi connectivity index (χ1v) is 7.93. The summed E-state index contributed by atoms with van der Waals surface area (Å²) in [6, 6.07) is 7.39. The molecule has 1 N–H and O–H groups in total. The van der Waals surface area contributed by atoms with Crippen LogP contribution < -0.4 is 5.32 Å². The maximum absolute atomic E-state index is 12.2. The van der Waals surface area contributed by atoms with E-state index >= 15 is 0 Å². The van der Waals surface area contributed by atoms with Gasteiger partial charge in [0.25, 0.3) is 11.6 Å². The Morgan fingerprint density at radius 2 is 1.96 bits per heavy atom. The van der Waals surface area contributed by atoms with Gasteiger partial charge in [0.1, 0.15) is 11.6 Å². The predicted molar refractivity (Wildman–Crippen MR) is 92.2 cm³/mol. The summed E-state index contributed by atoms with van der Waals surface area (Å²) >= 11 is 0. The predicted octanol–water partition coefficient (Wildman–Crippen LogP) is 3.45. The number of anilines is 1. The Kier molecular flexibility index (Phi) is 7.99. The fourth-order valence-corrected chi connectivity index (χ4v) is 2.08. The number of carbonyl (C=O) groups excluding carboxylic acids is 1. The minimum Gasteiger partial charge on any atom is -0.376 e. The van der Waals surface area contributed by atoms with Crippen molar-refractivity contribution in [1.29, 1.82) is 5.26 Å². The van der Waals surface area contributed by atoms with Crippen LogP contribution in [0, 0.1) is 21.4 Å². The van der Waals surface area contributed by atoms with Crippen molar-refractivity contribution in [3.8, 4) is 6.07 Å². The van der Waals surface area contributed by atoms with E-state index in [9.17, 15) is 20.2 Å². The van der Waals surface area contributed by atoms with E-state index in [0.717, 1.165) is 32.4 Å². The molecule has 1 rings (SSSR count). The first-order valence-electron chi connectivity index (χ1n) is 7.93. The number of hydrogen-bond donors (Lipinski definition) is 1. The third kappa shape index (κ3) is 6.08. The molecule has 0 saturated carbocycles. The second kappa shape index (κ2) is 10.0. The van der Waals surface area contributed by atoms with Gasteiger partial charge in [0.15, 0.2) is 0 Å². The lowest BCUT2D eigenvalue weighted by Crippen LogP contribution is -2.23. The van der Waals surface area contributed by atoms with E-state index in [4.69, 9.17) is 0 Å². The molecule has 0 spiro atoms.